The van der Waals surface area contributed by atoms with Gasteiger partial charge in [0.1, 0.15) is 5.82 Å². The van der Waals surface area contributed by atoms with Gasteiger partial charge in [0.05, 0.1) is 0 Å². The predicted molar refractivity (Wildman–Crippen MR) is 98.3 cm³/mol. The van der Waals surface area contributed by atoms with Crippen LogP contribution in [0, 0.1) is 5.82 Å². The van der Waals surface area contributed by atoms with Crippen molar-refractivity contribution in [2.24, 2.45) is 0 Å². The molecule has 1 atom stereocenters. The van der Waals surface area contributed by atoms with Gasteiger partial charge in [-0.05, 0) is 35.9 Å². The standard InChI is InChI=1S/C18H21FN4O.ClH/c19-15-3-5-16(6-4-15)22-18(24)7-10-23-11-9-21-13-17(23)14-2-1-8-20-12-14;/h1-6,8,12,17,21H,7,9-11,13H2,(H,22,24);1H. The molecule has 2 aromatic rings. The van der Waals surface area contributed by atoms with Gasteiger partial charge in [-0.25, -0.2) is 4.39 Å². The molecule has 1 aromatic carbocycles. The van der Waals surface area contributed by atoms with Crippen molar-refractivity contribution in [2.75, 3.05) is 31.5 Å². The zero-order chi connectivity index (χ0) is 16.8. The molecule has 2 N–H and O–H groups in total. The van der Waals surface area contributed by atoms with Crippen LogP contribution in [0.2, 0.25) is 0 Å². The fraction of sp³-hybridized carbons (Fsp3) is 0.333. The molecule has 3 rings (SSSR count). The molecule has 134 valence electrons. The molecule has 1 fully saturated rings. The van der Waals surface area contributed by atoms with E-state index in [0.717, 1.165) is 25.2 Å². The van der Waals surface area contributed by atoms with E-state index in [9.17, 15) is 9.18 Å². The van der Waals surface area contributed by atoms with Gasteiger partial charge in [-0.15, -0.1) is 12.4 Å². The molecule has 2 heterocycles. The Morgan fingerprint density at radius 3 is 2.84 bits per heavy atom. The summed E-state index contributed by atoms with van der Waals surface area (Å²) in [5.74, 6) is -0.377. The van der Waals surface area contributed by atoms with Crippen LogP contribution in [0.5, 0.6) is 0 Å². The van der Waals surface area contributed by atoms with Crippen molar-refractivity contribution in [1.82, 2.24) is 15.2 Å². The lowest BCUT2D eigenvalue weighted by Gasteiger charge is -2.36. The van der Waals surface area contributed by atoms with E-state index in [0.29, 0.717) is 18.7 Å². The van der Waals surface area contributed by atoms with Crippen molar-refractivity contribution in [2.45, 2.75) is 12.5 Å². The first kappa shape index (κ1) is 19.3. The maximum Gasteiger partial charge on any atom is 0.225 e. The highest BCUT2D eigenvalue weighted by Gasteiger charge is 2.24. The van der Waals surface area contributed by atoms with Crippen molar-refractivity contribution in [3.63, 3.8) is 0 Å². The third-order valence-corrected chi connectivity index (χ3v) is 4.18. The van der Waals surface area contributed by atoms with Crippen molar-refractivity contribution in [3.8, 4) is 0 Å². The Labute approximate surface area is 153 Å². The van der Waals surface area contributed by atoms with Gasteiger partial charge < -0.3 is 10.6 Å². The van der Waals surface area contributed by atoms with Crippen LogP contribution >= 0.6 is 12.4 Å². The van der Waals surface area contributed by atoms with Gasteiger partial charge in [0.2, 0.25) is 5.91 Å². The summed E-state index contributed by atoms with van der Waals surface area (Å²) in [6, 6.07) is 10.0. The predicted octanol–water partition coefficient (Wildman–Crippen LogP) is 2.62. The Hall–Kier alpha value is -2.02. The second kappa shape index (κ2) is 9.46. The molecule has 25 heavy (non-hydrogen) atoms. The number of carbonyl (C=O) groups excluding carboxylic acids is 1. The highest BCUT2D eigenvalue weighted by Crippen LogP contribution is 2.21. The number of rotatable bonds is 5. The van der Waals surface area contributed by atoms with Crippen LogP contribution in [-0.4, -0.2) is 42.0 Å². The SMILES string of the molecule is Cl.O=C(CCN1CCNCC1c1cccnc1)Nc1ccc(F)cc1. The van der Waals surface area contributed by atoms with Crippen molar-refractivity contribution in [1.29, 1.82) is 0 Å². The summed E-state index contributed by atoms with van der Waals surface area (Å²) in [5.41, 5.74) is 1.77. The molecule has 1 amide bonds. The quantitative estimate of drug-likeness (QED) is 0.856. The number of amides is 1. The zero-order valence-electron chi connectivity index (χ0n) is 13.8. The molecule has 1 saturated heterocycles. The summed E-state index contributed by atoms with van der Waals surface area (Å²) in [6.07, 6.45) is 4.04. The first-order chi connectivity index (χ1) is 11.7. The molecule has 1 aromatic heterocycles. The number of nitrogens with zero attached hydrogens (tertiary/aromatic N) is 2. The van der Waals surface area contributed by atoms with Gasteiger partial charge in [0.25, 0.3) is 0 Å². The van der Waals surface area contributed by atoms with Crippen LogP contribution in [0.1, 0.15) is 18.0 Å². The number of anilines is 1. The number of hydrogen-bond acceptors (Lipinski definition) is 4. The molecule has 0 radical (unpaired) electrons. The minimum Gasteiger partial charge on any atom is -0.326 e. The van der Waals surface area contributed by atoms with Crippen LogP contribution in [-0.2, 0) is 4.79 Å². The number of benzene rings is 1. The Balaban J connectivity index is 0.00000225. The van der Waals surface area contributed by atoms with E-state index >= 15 is 0 Å². The number of piperazine rings is 1. The summed E-state index contributed by atoms with van der Waals surface area (Å²) < 4.78 is 12.9. The normalized spacial score (nSPS) is 17.6. The van der Waals surface area contributed by atoms with Gasteiger partial charge in [0, 0.05) is 56.7 Å². The molecule has 0 bridgehead atoms. The maximum absolute atomic E-state index is 12.9. The lowest BCUT2D eigenvalue weighted by atomic mass is 10.1. The minimum atomic E-state index is -0.312. The van der Waals surface area contributed by atoms with Crippen LogP contribution in [0.3, 0.4) is 0 Å². The van der Waals surface area contributed by atoms with Gasteiger partial charge in [-0.2, -0.15) is 0 Å². The highest BCUT2D eigenvalue weighted by atomic mass is 35.5. The number of carbonyl (C=O) groups is 1. The van der Waals surface area contributed by atoms with Crippen LogP contribution in [0.4, 0.5) is 10.1 Å². The van der Waals surface area contributed by atoms with E-state index < -0.39 is 0 Å². The molecule has 1 aliphatic rings. The molecule has 5 nitrogen and oxygen atoms in total. The number of hydrogen-bond donors (Lipinski definition) is 2. The third kappa shape index (κ3) is 5.49. The number of aromatic nitrogens is 1. The Bertz CT molecular complexity index is 669. The fourth-order valence-electron chi connectivity index (χ4n) is 2.92. The second-order valence-electron chi connectivity index (χ2n) is 5.85. The fourth-order valence-corrected chi connectivity index (χ4v) is 2.92. The van der Waals surface area contributed by atoms with Crippen LogP contribution < -0.4 is 10.6 Å². The smallest absolute Gasteiger partial charge is 0.225 e. The first-order valence-electron chi connectivity index (χ1n) is 8.12. The summed E-state index contributed by atoms with van der Waals surface area (Å²) in [4.78, 5) is 18.6. The summed E-state index contributed by atoms with van der Waals surface area (Å²) >= 11 is 0. The highest BCUT2D eigenvalue weighted by molar-refractivity contribution is 5.90. The molecular formula is C18H22ClFN4O. The van der Waals surface area contributed by atoms with Crippen molar-refractivity contribution >= 4 is 24.0 Å². The monoisotopic (exact) mass is 364 g/mol. The zero-order valence-corrected chi connectivity index (χ0v) is 14.6. The van der Waals surface area contributed by atoms with Gasteiger partial charge in [-0.1, -0.05) is 6.07 Å². The molecule has 7 heteroatoms. The van der Waals surface area contributed by atoms with E-state index in [2.05, 4.69) is 26.6 Å². The summed E-state index contributed by atoms with van der Waals surface area (Å²) in [7, 11) is 0. The molecular weight excluding hydrogens is 343 g/mol. The van der Waals surface area contributed by atoms with Gasteiger partial charge >= 0.3 is 0 Å². The lowest BCUT2D eigenvalue weighted by molar-refractivity contribution is -0.116. The summed E-state index contributed by atoms with van der Waals surface area (Å²) in [6.45, 7) is 3.33. The molecule has 1 unspecified atom stereocenters. The lowest BCUT2D eigenvalue weighted by Crippen LogP contribution is -2.46. The summed E-state index contributed by atoms with van der Waals surface area (Å²) in [5, 5.41) is 6.19. The average molecular weight is 365 g/mol. The van der Waals surface area contributed by atoms with Crippen molar-refractivity contribution in [3.05, 3.63) is 60.2 Å². The first-order valence-corrected chi connectivity index (χ1v) is 8.12. The number of nitrogens with one attached hydrogen (secondary N) is 2. The van der Waals surface area contributed by atoms with E-state index in [1.165, 1.54) is 12.1 Å². The molecule has 1 aliphatic heterocycles. The Morgan fingerprint density at radius 1 is 1.32 bits per heavy atom. The molecule has 0 aliphatic carbocycles. The Kier molecular flexibility index (Phi) is 7.31. The van der Waals surface area contributed by atoms with Crippen LogP contribution in [0.15, 0.2) is 48.8 Å². The number of pyridine rings is 1. The van der Waals surface area contributed by atoms with Crippen molar-refractivity contribution < 1.29 is 9.18 Å². The van der Waals surface area contributed by atoms with E-state index in [-0.39, 0.29) is 30.2 Å². The van der Waals surface area contributed by atoms with Gasteiger partial charge in [0.15, 0.2) is 0 Å². The van der Waals surface area contributed by atoms with Gasteiger partial charge in [-0.3, -0.25) is 14.7 Å². The second-order valence-corrected chi connectivity index (χ2v) is 5.85. The van der Waals surface area contributed by atoms with E-state index in [1.54, 1.807) is 18.3 Å². The maximum atomic E-state index is 12.9. The van der Waals surface area contributed by atoms with Crippen LogP contribution in [0.25, 0.3) is 0 Å². The molecule has 0 saturated carbocycles. The largest absolute Gasteiger partial charge is 0.326 e. The minimum absolute atomic E-state index is 0. The van der Waals surface area contributed by atoms with E-state index in [4.69, 9.17) is 0 Å². The molecule has 0 spiro atoms. The third-order valence-electron chi connectivity index (χ3n) is 4.18. The van der Waals surface area contributed by atoms with E-state index in [1.807, 2.05) is 12.3 Å². The average Bonchev–Trinajstić information content (AvgIpc) is 2.63. The topological polar surface area (TPSA) is 57.3 Å². The number of halogens is 2. The Morgan fingerprint density at radius 2 is 2.12 bits per heavy atom.